The molecule has 162 valence electrons. The van der Waals surface area contributed by atoms with E-state index in [2.05, 4.69) is 36.4 Å². The van der Waals surface area contributed by atoms with Gasteiger partial charge in [0, 0.05) is 38.5 Å². The number of amides is 2. The number of benzene rings is 2. The van der Waals surface area contributed by atoms with Crippen LogP contribution in [0.2, 0.25) is 0 Å². The predicted molar refractivity (Wildman–Crippen MR) is 123 cm³/mol. The molecule has 0 spiro atoms. The lowest BCUT2D eigenvalue weighted by Crippen LogP contribution is -2.44. The zero-order valence-corrected chi connectivity index (χ0v) is 18.2. The summed E-state index contributed by atoms with van der Waals surface area (Å²) in [5, 5.41) is 0. The van der Waals surface area contributed by atoms with E-state index in [1.54, 1.807) is 0 Å². The van der Waals surface area contributed by atoms with Crippen LogP contribution in [0.1, 0.15) is 36.8 Å². The van der Waals surface area contributed by atoms with Gasteiger partial charge in [0.1, 0.15) is 0 Å². The van der Waals surface area contributed by atoms with Crippen LogP contribution in [-0.2, 0) is 22.6 Å². The molecule has 0 saturated carbocycles. The number of aryl methyl sites for hydroxylation is 1. The highest BCUT2D eigenvalue weighted by Gasteiger charge is 2.34. The minimum Gasteiger partial charge on any atom is -0.343 e. The fourth-order valence-electron chi connectivity index (χ4n) is 4.82. The van der Waals surface area contributed by atoms with Crippen LogP contribution in [0.5, 0.6) is 0 Å². The van der Waals surface area contributed by atoms with Crippen LogP contribution < -0.4 is 0 Å². The van der Waals surface area contributed by atoms with Crippen molar-refractivity contribution in [2.24, 2.45) is 11.8 Å². The molecule has 0 radical (unpaired) electrons. The van der Waals surface area contributed by atoms with Crippen molar-refractivity contribution in [1.29, 1.82) is 0 Å². The molecule has 4 nitrogen and oxygen atoms in total. The molecule has 2 aliphatic rings. The van der Waals surface area contributed by atoms with E-state index in [0.29, 0.717) is 25.4 Å². The zero-order chi connectivity index (χ0) is 21.5. The van der Waals surface area contributed by atoms with Gasteiger partial charge in [0.05, 0.1) is 0 Å². The van der Waals surface area contributed by atoms with E-state index < -0.39 is 0 Å². The molecule has 2 aromatic rings. The summed E-state index contributed by atoms with van der Waals surface area (Å²) in [6.07, 6.45) is 8.30. The molecule has 2 aliphatic heterocycles. The van der Waals surface area contributed by atoms with Crippen LogP contribution in [0.25, 0.3) is 0 Å². The number of rotatable bonds is 6. The number of carbonyl (C=O) groups is 2. The molecule has 1 saturated heterocycles. The summed E-state index contributed by atoms with van der Waals surface area (Å²) in [6.45, 7) is 2.88. The van der Waals surface area contributed by atoms with Gasteiger partial charge in [0.2, 0.25) is 11.8 Å². The van der Waals surface area contributed by atoms with E-state index in [9.17, 15) is 9.59 Å². The molecule has 0 N–H and O–H groups in total. The smallest absolute Gasteiger partial charge is 0.226 e. The number of likely N-dealkylation sites (tertiary alicyclic amines) is 1. The maximum Gasteiger partial charge on any atom is 0.226 e. The van der Waals surface area contributed by atoms with Gasteiger partial charge >= 0.3 is 0 Å². The number of hydrogen-bond donors (Lipinski definition) is 0. The van der Waals surface area contributed by atoms with Crippen molar-refractivity contribution < 1.29 is 9.59 Å². The third-order valence-electron chi connectivity index (χ3n) is 6.66. The Labute approximate surface area is 185 Å². The Kier molecular flexibility index (Phi) is 7.18. The van der Waals surface area contributed by atoms with Crippen molar-refractivity contribution in [3.8, 4) is 0 Å². The van der Waals surface area contributed by atoms with Gasteiger partial charge in [-0.15, -0.1) is 0 Å². The highest BCUT2D eigenvalue weighted by Crippen LogP contribution is 2.31. The van der Waals surface area contributed by atoms with Crippen LogP contribution >= 0.6 is 0 Å². The quantitative estimate of drug-likeness (QED) is 0.652. The summed E-state index contributed by atoms with van der Waals surface area (Å²) >= 11 is 0. The van der Waals surface area contributed by atoms with E-state index in [4.69, 9.17) is 0 Å². The number of nitrogens with zero attached hydrogens (tertiary/aromatic N) is 2. The molecule has 1 fully saturated rings. The van der Waals surface area contributed by atoms with Gasteiger partial charge in [0.25, 0.3) is 0 Å². The third kappa shape index (κ3) is 5.63. The number of piperidine rings is 1. The molecule has 4 rings (SSSR count). The minimum absolute atomic E-state index is 0.0315. The van der Waals surface area contributed by atoms with E-state index in [1.165, 1.54) is 11.1 Å². The summed E-state index contributed by atoms with van der Waals surface area (Å²) < 4.78 is 0. The standard InChI is InChI=1S/C27H32N2O2/c30-26(15-14-22-9-3-1-4-10-22)28-19-16-24(17-20-28)25-13-7-8-18-29(27(25)31)21-23-11-5-2-6-12-23/h1-12,24-25H,13-21H2/t25-/m1/s1. The summed E-state index contributed by atoms with van der Waals surface area (Å²) in [5.41, 5.74) is 2.38. The van der Waals surface area contributed by atoms with Crippen molar-refractivity contribution in [3.05, 3.63) is 83.9 Å². The first kappa shape index (κ1) is 21.4. The molecular formula is C27H32N2O2. The van der Waals surface area contributed by atoms with Gasteiger partial charge < -0.3 is 9.80 Å². The highest BCUT2D eigenvalue weighted by atomic mass is 16.2. The molecule has 2 aromatic carbocycles. The van der Waals surface area contributed by atoms with Gasteiger partial charge in [-0.2, -0.15) is 0 Å². The van der Waals surface area contributed by atoms with Crippen LogP contribution in [0.4, 0.5) is 0 Å². The number of hydrogen-bond acceptors (Lipinski definition) is 2. The van der Waals surface area contributed by atoms with Crippen molar-refractivity contribution in [2.45, 2.75) is 38.6 Å². The second kappa shape index (κ2) is 10.4. The van der Waals surface area contributed by atoms with Crippen LogP contribution in [0.15, 0.2) is 72.8 Å². The highest BCUT2D eigenvalue weighted by molar-refractivity contribution is 5.80. The monoisotopic (exact) mass is 416 g/mol. The van der Waals surface area contributed by atoms with Gasteiger partial charge in [-0.1, -0.05) is 72.8 Å². The Morgan fingerprint density at radius 3 is 2.19 bits per heavy atom. The molecular weight excluding hydrogens is 384 g/mol. The lowest BCUT2D eigenvalue weighted by Gasteiger charge is -2.36. The Morgan fingerprint density at radius 2 is 1.52 bits per heavy atom. The minimum atomic E-state index is 0.0315. The Bertz CT molecular complexity index is 886. The van der Waals surface area contributed by atoms with Crippen LogP contribution in [0, 0.1) is 11.8 Å². The summed E-state index contributed by atoms with van der Waals surface area (Å²) in [4.78, 5) is 30.0. The summed E-state index contributed by atoms with van der Waals surface area (Å²) in [6, 6.07) is 20.4. The average molecular weight is 417 g/mol. The Balaban J connectivity index is 1.30. The normalized spacial score (nSPS) is 20.0. The van der Waals surface area contributed by atoms with Gasteiger partial charge in [0.15, 0.2) is 0 Å². The van der Waals surface area contributed by atoms with Crippen LogP contribution in [0.3, 0.4) is 0 Å². The van der Waals surface area contributed by atoms with Gasteiger partial charge in [-0.05, 0) is 42.7 Å². The molecule has 31 heavy (non-hydrogen) atoms. The molecule has 2 heterocycles. The lowest BCUT2D eigenvalue weighted by molar-refractivity contribution is -0.138. The average Bonchev–Trinajstić information content (AvgIpc) is 3.00. The topological polar surface area (TPSA) is 40.6 Å². The molecule has 1 atom stereocenters. The van der Waals surface area contributed by atoms with Gasteiger partial charge in [-0.25, -0.2) is 0 Å². The number of allylic oxidation sites excluding steroid dienone is 1. The maximum absolute atomic E-state index is 13.3. The fraction of sp³-hybridized carbons (Fsp3) is 0.407. The third-order valence-corrected chi connectivity index (χ3v) is 6.66. The predicted octanol–water partition coefficient (Wildman–Crippen LogP) is 4.46. The second-order valence-electron chi connectivity index (χ2n) is 8.72. The van der Waals surface area contributed by atoms with Crippen molar-refractivity contribution in [1.82, 2.24) is 9.80 Å². The SMILES string of the molecule is O=C(CCc1ccccc1)N1CCC([C@H]2CC=CCN(Cc3ccccc3)C2=O)CC1. The molecule has 4 heteroatoms. The summed E-state index contributed by atoms with van der Waals surface area (Å²) in [7, 11) is 0. The van der Waals surface area contributed by atoms with Crippen molar-refractivity contribution in [2.75, 3.05) is 19.6 Å². The largest absolute Gasteiger partial charge is 0.343 e. The van der Waals surface area contributed by atoms with E-state index in [1.807, 2.05) is 46.2 Å². The lowest BCUT2D eigenvalue weighted by atomic mass is 9.81. The Hall–Kier alpha value is -2.88. The molecule has 0 unspecified atom stereocenters. The van der Waals surface area contributed by atoms with E-state index in [-0.39, 0.29) is 17.7 Å². The first-order valence-corrected chi connectivity index (χ1v) is 11.5. The zero-order valence-electron chi connectivity index (χ0n) is 18.2. The van der Waals surface area contributed by atoms with Crippen LogP contribution in [-0.4, -0.2) is 41.2 Å². The second-order valence-corrected chi connectivity index (χ2v) is 8.72. The fourth-order valence-corrected chi connectivity index (χ4v) is 4.82. The molecule has 0 bridgehead atoms. The van der Waals surface area contributed by atoms with Gasteiger partial charge in [-0.3, -0.25) is 9.59 Å². The molecule has 2 amide bonds. The van der Waals surface area contributed by atoms with Crippen molar-refractivity contribution in [3.63, 3.8) is 0 Å². The Morgan fingerprint density at radius 1 is 0.871 bits per heavy atom. The number of carbonyl (C=O) groups excluding carboxylic acids is 2. The first-order chi connectivity index (χ1) is 15.2. The van der Waals surface area contributed by atoms with E-state index >= 15 is 0 Å². The van der Waals surface area contributed by atoms with Crippen molar-refractivity contribution >= 4 is 11.8 Å². The summed E-state index contributed by atoms with van der Waals surface area (Å²) in [5.74, 6) is 0.888. The molecule has 0 aliphatic carbocycles. The van der Waals surface area contributed by atoms with E-state index in [0.717, 1.165) is 38.8 Å². The first-order valence-electron chi connectivity index (χ1n) is 11.5. The molecule has 0 aromatic heterocycles. The maximum atomic E-state index is 13.3.